The third-order valence-corrected chi connectivity index (χ3v) is 4.88. The largest absolute Gasteiger partial charge is 0.506 e. The minimum atomic E-state index is -1.45. The van der Waals surface area contributed by atoms with Gasteiger partial charge in [-0.05, 0) is 30.2 Å². The van der Waals surface area contributed by atoms with Crippen LogP contribution in [-0.2, 0) is 20.0 Å². The van der Waals surface area contributed by atoms with Crippen molar-refractivity contribution in [3.63, 3.8) is 0 Å². The van der Waals surface area contributed by atoms with Gasteiger partial charge in [0.2, 0.25) is 0 Å². The first-order valence-electron chi connectivity index (χ1n) is 9.00. The molecule has 4 N–H and O–H groups in total. The van der Waals surface area contributed by atoms with Crippen LogP contribution in [0.4, 0.5) is 0 Å². The average Bonchev–Trinajstić information content (AvgIpc) is 2.96. The lowest BCUT2D eigenvalue weighted by molar-refractivity contribution is 0.0691. The van der Waals surface area contributed by atoms with Crippen molar-refractivity contribution in [3.8, 4) is 17.0 Å². The molecule has 0 spiro atoms. The van der Waals surface area contributed by atoms with Gasteiger partial charge in [0.05, 0.1) is 5.69 Å². The number of H-pyrrole nitrogens is 1. The van der Waals surface area contributed by atoms with Crippen molar-refractivity contribution in [1.82, 2.24) is 14.9 Å². The summed E-state index contributed by atoms with van der Waals surface area (Å²) in [6.07, 6.45) is 2.18. The van der Waals surface area contributed by atoms with E-state index in [-0.39, 0.29) is 12.4 Å². The zero-order chi connectivity index (χ0) is 20.4. The molecule has 29 heavy (non-hydrogen) atoms. The molecule has 0 bridgehead atoms. The van der Waals surface area contributed by atoms with Crippen molar-refractivity contribution in [2.24, 2.45) is 7.05 Å². The van der Waals surface area contributed by atoms with Crippen molar-refractivity contribution < 1.29 is 15.0 Å². The zero-order valence-corrected chi connectivity index (χ0v) is 17.1. The number of pyridine rings is 1. The fraction of sp³-hybridized carbons (Fsp3) is 0.238. The molecule has 0 saturated heterocycles. The minimum Gasteiger partial charge on any atom is -0.506 e. The highest BCUT2D eigenvalue weighted by Gasteiger charge is 2.22. The SMILES string of the molecule is C=CCNCc1cc2cc(-c3[nH]c(=O)c(C(=O)O)c(O)c3CC)ccc2n1C.Cl. The highest BCUT2D eigenvalue weighted by molar-refractivity contribution is 5.92. The summed E-state index contributed by atoms with van der Waals surface area (Å²) >= 11 is 0. The van der Waals surface area contributed by atoms with Crippen LogP contribution in [0.3, 0.4) is 0 Å². The van der Waals surface area contributed by atoms with E-state index in [1.54, 1.807) is 13.0 Å². The van der Waals surface area contributed by atoms with E-state index in [2.05, 4.69) is 27.5 Å². The number of hydrogen-bond acceptors (Lipinski definition) is 4. The van der Waals surface area contributed by atoms with Gasteiger partial charge in [-0.3, -0.25) is 4.79 Å². The topological polar surface area (TPSA) is 107 Å². The van der Waals surface area contributed by atoms with E-state index in [0.29, 0.717) is 36.3 Å². The second kappa shape index (κ2) is 8.98. The highest BCUT2D eigenvalue weighted by Crippen LogP contribution is 2.32. The number of carboxylic acids is 1. The van der Waals surface area contributed by atoms with E-state index in [0.717, 1.165) is 16.6 Å². The number of halogens is 1. The van der Waals surface area contributed by atoms with Crippen LogP contribution < -0.4 is 10.9 Å². The number of aromatic hydroxyl groups is 1. The number of fused-ring (bicyclic) bond motifs is 1. The van der Waals surface area contributed by atoms with Gasteiger partial charge in [-0.25, -0.2) is 4.79 Å². The molecule has 3 rings (SSSR count). The van der Waals surface area contributed by atoms with Gasteiger partial charge in [0.1, 0.15) is 5.75 Å². The van der Waals surface area contributed by atoms with Crippen LogP contribution in [0.15, 0.2) is 41.7 Å². The van der Waals surface area contributed by atoms with Crippen LogP contribution in [-0.4, -0.2) is 32.3 Å². The number of nitrogens with one attached hydrogen (secondary N) is 2. The monoisotopic (exact) mass is 417 g/mol. The average molecular weight is 418 g/mol. The van der Waals surface area contributed by atoms with Crippen LogP contribution in [0.2, 0.25) is 0 Å². The molecular formula is C21H24ClN3O4. The van der Waals surface area contributed by atoms with Crippen LogP contribution in [0.25, 0.3) is 22.2 Å². The quantitative estimate of drug-likeness (QED) is 0.349. The molecule has 1 aromatic carbocycles. The molecular weight excluding hydrogens is 394 g/mol. The fourth-order valence-corrected chi connectivity index (χ4v) is 3.45. The molecule has 2 aromatic heterocycles. The minimum absolute atomic E-state index is 0. The summed E-state index contributed by atoms with van der Waals surface area (Å²) in [5.41, 5.74) is 2.24. The van der Waals surface area contributed by atoms with E-state index in [4.69, 9.17) is 0 Å². The fourth-order valence-electron chi connectivity index (χ4n) is 3.45. The molecule has 2 heterocycles. The summed E-state index contributed by atoms with van der Waals surface area (Å²) in [4.78, 5) is 26.1. The first-order chi connectivity index (χ1) is 13.4. The Balaban J connectivity index is 0.00000300. The zero-order valence-electron chi connectivity index (χ0n) is 16.3. The van der Waals surface area contributed by atoms with E-state index >= 15 is 0 Å². The number of hydrogen-bond donors (Lipinski definition) is 4. The normalized spacial score (nSPS) is 10.7. The Bertz CT molecular complexity index is 1130. The van der Waals surface area contributed by atoms with E-state index in [1.807, 2.05) is 25.2 Å². The summed E-state index contributed by atoms with van der Waals surface area (Å²) < 4.78 is 2.09. The number of carboxylic acid groups (broad SMARTS) is 1. The van der Waals surface area contributed by atoms with E-state index in [1.165, 1.54) is 0 Å². The lowest BCUT2D eigenvalue weighted by atomic mass is 9.99. The number of nitrogens with zero attached hydrogens (tertiary/aromatic N) is 1. The molecule has 0 aliphatic heterocycles. The maximum absolute atomic E-state index is 12.2. The lowest BCUT2D eigenvalue weighted by Gasteiger charge is -2.12. The van der Waals surface area contributed by atoms with Gasteiger partial charge in [-0.1, -0.05) is 19.1 Å². The molecule has 0 fully saturated rings. The van der Waals surface area contributed by atoms with Crippen molar-refractivity contribution >= 4 is 29.3 Å². The molecule has 0 aliphatic rings. The summed E-state index contributed by atoms with van der Waals surface area (Å²) in [7, 11) is 1.99. The van der Waals surface area contributed by atoms with E-state index in [9.17, 15) is 19.8 Å². The third kappa shape index (κ3) is 4.06. The molecule has 0 radical (unpaired) electrons. The molecule has 8 heteroatoms. The van der Waals surface area contributed by atoms with Gasteiger partial charge >= 0.3 is 5.97 Å². The third-order valence-electron chi connectivity index (χ3n) is 4.88. The Morgan fingerprint density at radius 3 is 2.69 bits per heavy atom. The highest BCUT2D eigenvalue weighted by atomic mass is 35.5. The van der Waals surface area contributed by atoms with Gasteiger partial charge in [0.25, 0.3) is 5.56 Å². The lowest BCUT2D eigenvalue weighted by Crippen LogP contribution is -2.20. The molecule has 3 aromatic rings. The summed E-state index contributed by atoms with van der Waals surface area (Å²) in [6, 6.07) is 7.79. The Kier molecular flexibility index (Phi) is 6.89. The van der Waals surface area contributed by atoms with Gasteiger partial charge in [0, 0.05) is 42.3 Å². The molecule has 7 nitrogen and oxygen atoms in total. The van der Waals surface area contributed by atoms with Crippen LogP contribution in [0, 0.1) is 0 Å². The van der Waals surface area contributed by atoms with Crippen LogP contribution >= 0.6 is 12.4 Å². The molecule has 0 saturated carbocycles. The van der Waals surface area contributed by atoms with Crippen LogP contribution in [0.1, 0.15) is 28.5 Å². The van der Waals surface area contributed by atoms with Gasteiger partial charge in [0.15, 0.2) is 5.56 Å². The molecule has 0 unspecified atom stereocenters. The summed E-state index contributed by atoms with van der Waals surface area (Å²) in [6.45, 7) is 6.90. The number of aromatic amines is 1. The van der Waals surface area contributed by atoms with E-state index < -0.39 is 22.8 Å². The number of benzene rings is 1. The Labute approximate surface area is 174 Å². The Morgan fingerprint density at radius 1 is 1.34 bits per heavy atom. The maximum Gasteiger partial charge on any atom is 0.345 e. The Morgan fingerprint density at radius 2 is 2.07 bits per heavy atom. The van der Waals surface area contributed by atoms with Gasteiger partial charge in [-0.15, -0.1) is 19.0 Å². The summed E-state index contributed by atoms with van der Waals surface area (Å²) in [5.74, 6) is -1.92. The number of aromatic nitrogens is 2. The first-order valence-corrected chi connectivity index (χ1v) is 9.00. The van der Waals surface area contributed by atoms with Crippen LogP contribution in [0.5, 0.6) is 5.75 Å². The predicted octanol–water partition coefficient (Wildman–Crippen LogP) is 3.20. The van der Waals surface area contributed by atoms with Crippen molar-refractivity contribution in [2.45, 2.75) is 19.9 Å². The molecule has 0 aliphatic carbocycles. The van der Waals surface area contributed by atoms with Gasteiger partial charge < -0.3 is 25.1 Å². The smallest absolute Gasteiger partial charge is 0.345 e. The predicted molar refractivity (Wildman–Crippen MR) is 116 cm³/mol. The number of carbonyl (C=O) groups is 1. The standard InChI is InChI=1S/C21H23N3O4.ClH/c1-4-8-22-11-14-10-13-9-12(6-7-16(13)24(14)3)18-15(5-2)19(25)17(21(27)28)20(26)23-18;/h4,6-7,9-10,22H,1,5,8,11H2,2-3H3,(H,27,28)(H2,23,25,26);1H. The second-order valence-electron chi connectivity index (χ2n) is 6.58. The maximum atomic E-state index is 12.2. The molecule has 154 valence electrons. The molecule has 0 atom stereocenters. The first kappa shape index (κ1) is 22.3. The van der Waals surface area contributed by atoms with Gasteiger partial charge in [-0.2, -0.15) is 0 Å². The number of aryl methyl sites for hydroxylation is 1. The molecule has 0 amide bonds. The van der Waals surface area contributed by atoms with Crippen molar-refractivity contribution in [1.29, 1.82) is 0 Å². The Hall–Kier alpha value is -3.03. The number of aromatic carboxylic acids is 1. The van der Waals surface area contributed by atoms with Crippen molar-refractivity contribution in [2.75, 3.05) is 6.54 Å². The summed E-state index contributed by atoms with van der Waals surface area (Å²) in [5, 5.41) is 23.8. The second-order valence-corrected chi connectivity index (χ2v) is 6.58. The number of rotatable bonds is 7. The van der Waals surface area contributed by atoms with Crippen molar-refractivity contribution in [3.05, 3.63) is 64.1 Å².